The van der Waals surface area contributed by atoms with Crippen LogP contribution in [0.2, 0.25) is 0 Å². The molecule has 0 atom stereocenters. The zero-order chi connectivity index (χ0) is 19.6. The van der Waals surface area contributed by atoms with Crippen LogP contribution in [0.1, 0.15) is 15.4 Å². The number of fused-ring (bicyclic) bond motifs is 4. The minimum atomic E-state index is -2.26. The molecule has 124 valence electrons. The summed E-state index contributed by atoms with van der Waals surface area (Å²) in [7, 11) is 2.07. The maximum Gasteiger partial charge on any atom is 0.227 e. The van der Waals surface area contributed by atoms with Crippen LogP contribution >= 0.6 is 0 Å². The zero-order valence-electron chi connectivity index (χ0n) is 17.1. The number of nitrogens with zero attached hydrogens (tertiary/aromatic N) is 3. The zero-order valence-corrected chi connectivity index (χ0v) is 14.1. The molecule has 0 fully saturated rings. The number of pyridine rings is 1. The molecule has 0 saturated carbocycles. The number of benzene rings is 2. The van der Waals surface area contributed by atoms with Gasteiger partial charge >= 0.3 is 0 Å². The molecule has 2 aromatic carbocycles. The SMILES string of the molecule is [2H]C([2H])([2H])c1ccc2c(n1)oc1c(N3CN(C)c4ccccc43)c(C)ccc12. The highest BCUT2D eigenvalue weighted by molar-refractivity contribution is 6.09. The Morgan fingerprint density at radius 2 is 1.84 bits per heavy atom. The summed E-state index contributed by atoms with van der Waals surface area (Å²) in [5.41, 5.74) is 5.50. The second-order valence-corrected chi connectivity index (χ2v) is 6.52. The average molecular weight is 332 g/mol. The molecule has 2 aromatic heterocycles. The topological polar surface area (TPSA) is 32.5 Å². The van der Waals surface area contributed by atoms with Gasteiger partial charge in [0.15, 0.2) is 5.58 Å². The molecule has 0 aliphatic carbocycles. The van der Waals surface area contributed by atoms with Gasteiger partial charge in [-0.2, -0.15) is 0 Å². The Hall–Kier alpha value is -3.01. The minimum Gasteiger partial charge on any atom is -0.435 e. The average Bonchev–Trinajstić information content (AvgIpc) is 3.18. The van der Waals surface area contributed by atoms with Crippen LogP contribution in [-0.2, 0) is 0 Å². The van der Waals surface area contributed by atoms with Crippen molar-refractivity contribution < 1.29 is 8.53 Å². The first-order chi connectivity index (χ1) is 13.3. The largest absolute Gasteiger partial charge is 0.435 e. The summed E-state index contributed by atoms with van der Waals surface area (Å²) in [6.45, 7) is 0.511. The molecule has 3 heterocycles. The lowest BCUT2D eigenvalue weighted by Gasteiger charge is -2.21. The molecule has 25 heavy (non-hydrogen) atoms. The van der Waals surface area contributed by atoms with Crippen molar-refractivity contribution in [1.29, 1.82) is 0 Å². The standard InChI is InChI=1S/C21H19N3O/c1-13-8-10-15-16-11-9-14(2)22-21(16)25-20(15)19(13)24-12-23(3)17-6-4-5-7-18(17)24/h4-11H,12H2,1-3H3/i2D3. The van der Waals surface area contributed by atoms with E-state index < -0.39 is 6.85 Å². The summed E-state index contributed by atoms with van der Waals surface area (Å²) in [6, 6.07) is 15.7. The van der Waals surface area contributed by atoms with E-state index in [0.29, 0.717) is 12.4 Å². The van der Waals surface area contributed by atoms with Gasteiger partial charge in [-0.3, -0.25) is 0 Å². The van der Waals surface area contributed by atoms with Crippen molar-refractivity contribution in [2.45, 2.75) is 13.8 Å². The van der Waals surface area contributed by atoms with Crippen LogP contribution in [0, 0.1) is 13.8 Å². The highest BCUT2D eigenvalue weighted by Crippen LogP contribution is 2.45. The second-order valence-electron chi connectivity index (χ2n) is 6.52. The number of hydrogen-bond donors (Lipinski definition) is 0. The smallest absolute Gasteiger partial charge is 0.227 e. The molecule has 4 aromatic rings. The molecule has 0 unspecified atom stereocenters. The van der Waals surface area contributed by atoms with E-state index in [9.17, 15) is 0 Å². The number of aromatic nitrogens is 1. The first-order valence-electron chi connectivity index (χ1n) is 9.75. The maximum atomic E-state index is 7.61. The first kappa shape index (κ1) is 11.5. The van der Waals surface area contributed by atoms with Gasteiger partial charge in [-0.25, -0.2) is 4.98 Å². The summed E-state index contributed by atoms with van der Waals surface area (Å²) in [5.74, 6) is 0. The number of anilines is 3. The van der Waals surface area contributed by atoms with Crippen molar-refractivity contribution in [3.05, 3.63) is 59.8 Å². The normalized spacial score (nSPS) is 16.2. The Labute approximate surface area is 150 Å². The van der Waals surface area contributed by atoms with Gasteiger partial charge in [-0.05, 0) is 43.6 Å². The van der Waals surface area contributed by atoms with Crippen LogP contribution < -0.4 is 9.80 Å². The quantitative estimate of drug-likeness (QED) is 0.483. The lowest BCUT2D eigenvalue weighted by Crippen LogP contribution is -2.24. The van der Waals surface area contributed by atoms with Crippen molar-refractivity contribution in [3.8, 4) is 0 Å². The van der Waals surface area contributed by atoms with Gasteiger partial charge in [0, 0.05) is 27.6 Å². The van der Waals surface area contributed by atoms with Crippen LogP contribution in [0.4, 0.5) is 17.1 Å². The molecular weight excluding hydrogens is 310 g/mol. The molecule has 0 saturated heterocycles. The number of para-hydroxylation sites is 2. The molecule has 4 heteroatoms. The van der Waals surface area contributed by atoms with Crippen LogP contribution in [0.25, 0.3) is 22.1 Å². The van der Waals surface area contributed by atoms with Crippen molar-refractivity contribution in [2.75, 3.05) is 23.5 Å². The lowest BCUT2D eigenvalue weighted by molar-refractivity contribution is 0.651. The van der Waals surface area contributed by atoms with Crippen LogP contribution in [0.3, 0.4) is 0 Å². The molecule has 0 radical (unpaired) electrons. The van der Waals surface area contributed by atoms with E-state index in [1.54, 1.807) is 12.1 Å². The second kappa shape index (κ2) is 4.99. The molecule has 1 aliphatic heterocycles. The third-order valence-electron chi connectivity index (χ3n) is 4.89. The van der Waals surface area contributed by atoms with E-state index in [1.807, 2.05) is 18.2 Å². The van der Waals surface area contributed by atoms with Crippen LogP contribution in [-0.4, -0.2) is 18.7 Å². The van der Waals surface area contributed by atoms with Gasteiger partial charge < -0.3 is 14.2 Å². The minimum absolute atomic E-state index is 0.0450. The third kappa shape index (κ3) is 1.97. The van der Waals surface area contributed by atoms with E-state index in [4.69, 9.17) is 8.53 Å². The van der Waals surface area contributed by atoms with E-state index in [-0.39, 0.29) is 5.69 Å². The monoisotopic (exact) mass is 332 g/mol. The third-order valence-corrected chi connectivity index (χ3v) is 4.89. The Morgan fingerprint density at radius 1 is 1.04 bits per heavy atom. The van der Waals surface area contributed by atoms with Crippen LogP contribution in [0.15, 0.2) is 52.9 Å². The van der Waals surface area contributed by atoms with Gasteiger partial charge in [0.2, 0.25) is 5.71 Å². The molecule has 0 spiro atoms. The molecular formula is C21H19N3O. The maximum absolute atomic E-state index is 7.61. The van der Waals surface area contributed by atoms with E-state index in [1.165, 1.54) is 0 Å². The summed E-state index contributed by atoms with van der Waals surface area (Å²) in [4.78, 5) is 8.71. The van der Waals surface area contributed by atoms with Gasteiger partial charge in [-0.1, -0.05) is 24.3 Å². The van der Waals surface area contributed by atoms with Crippen molar-refractivity contribution in [3.63, 3.8) is 0 Å². The highest BCUT2D eigenvalue weighted by Gasteiger charge is 2.28. The fourth-order valence-electron chi connectivity index (χ4n) is 3.71. The lowest BCUT2D eigenvalue weighted by atomic mass is 10.1. The van der Waals surface area contributed by atoms with Gasteiger partial charge in [0.05, 0.1) is 23.7 Å². The summed E-state index contributed by atoms with van der Waals surface area (Å²) < 4.78 is 29.0. The fourth-order valence-corrected chi connectivity index (χ4v) is 3.71. The molecule has 0 bridgehead atoms. The Morgan fingerprint density at radius 3 is 2.68 bits per heavy atom. The van der Waals surface area contributed by atoms with Crippen molar-refractivity contribution in [2.24, 2.45) is 0 Å². The Bertz CT molecular complexity index is 1230. The van der Waals surface area contributed by atoms with Gasteiger partial charge in [-0.15, -0.1) is 0 Å². The number of aryl methyl sites for hydroxylation is 2. The molecule has 1 aliphatic rings. The molecule has 4 nitrogen and oxygen atoms in total. The molecule has 5 rings (SSSR count). The summed E-state index contributed by atoms with van der Waals surface area (Å²) >= 11 is 0. The van der Waals surface area contributed by atoms with E-state index in [0.717, 1.165) is 39.0 Å². The van der Waals surface area contributed by atoms with Gasteiger partial charge in [0.25, 0.3) is 0 Å². The number of hydrogen-bond acceptors (Lipinski definition) is 4. The van der Waals surface area contributed by atoms with Crippen LogP contribution in [0.5, 0.6) is 0 Å². The first-order valence-corrected chi connectivity index (χ1v) is 8.25. The highest BCUT2D eigenvalue weighted by atomic mass is 16.3. The van der Waals surface area contributed by atoms with E-state index in [2.05, 4.69) is 47.0 Å². The molecule has 0 amide bonds. The summed E-state index contributed by atoms with van der Waals surface area (Å²) in [6.07, 6.45) is 0. The predicted octanol–water partition coefficient (Wildman–Crippen LogP) is 5.14. The van der Waals surface area contributed by atoms with Crippen molar-refractivity contribution >= 4 is 39.1 Å². The van der Waals surface area contributed by atoms with E-state index >= 15 is 0 Å². The van der Waals surface area contributed by atoms with Gasteiger partial charge in [0.1, 0.15) is 0 Å². The molecule has 0 N–H and O–H groups in total. The fraction of sp³-hybridized carbons (Fsp3) is 0.190. The number of furan rings is 1. The predicted molar refractivity (Wildman–Crippen MR) is 103 cm³/mol. The summed E-state index contributed by atoms with van der Waals surface area (Å²) in [5, 5.41) is 1.76. The number of rotatable bonds is 1. The van der Waals surface area contributed by atoms with Crippen molar-refractivity contribution in [1.82, 2.24) is 4.98 Å². The Kier molecular flexibility index (Phi) is 2.30. The Balaban J connectivity index is 1.77.